The van der Waals surface area contributed by atoms with Crippen molar-refractivity contribution in [2.24, 2.45) is 10.9 Å². The fraction of sp³-hybridized carbons (Fsp3) is 0.200. The van der Waals surface area contributed by atoms with Gasteiger partial charge in [0.1, 0.15) is 0 Å². The van der Waals surface area contributed by atoms with Crippen LogP contribution in [0.5, 0.6) is 0 Å². The van der Waals surface area contributed by atoms with E-state index in [1.165, 1.54) is 6.21 Å². The number of rotatable bonds is 2. The van der Waals surface area contributed by atoms with Crippen LogP contribution >= 0.6 is 0 Å². The second-order valence-corrected chi connectivity index (χ2v) is 4.35. The maximum absolute atomic E-state index is 7.17. The number of hydrogen-bond acceptors (Lipinski definition) is 2. The first-order chi connectivity index (χ1) is 8.19. The van der Waals surface area contributed by atoms with Crippen LogP contribution in [0.2, 0.25) is 0 Å². The molecule has 1 aromatic rings. The Hall–Kier alpha value is -1.96. The summed E-state index contributed by atoms with van der Waals surface area (Å²) in [7, 11) is 0. The van der Waals surface area contributed by atoms with Crippen molar-refractivity contribution >= 4 is 30.3 Å². The molecule has 0 bridgehead atoms. The molecule has 1 heterocycles. The largest absolute Gasteiger partial charge is 0.308 e. The van der Waals surface area contributed by atoms with Gasteiger partial charge in [-0.2, -0.15) is 0 Å². The Morgan fingerprint density at radius 2 is 2.24 bits per heavy atom. The van der Waals surface area contributed by atoms with Crippen LogP contribution in [0.4, 0.5) is 5.69 Å². The molecule has 0 saturated heterocycles. The molecule has 86 valence electrons. The molecule has 0 fully saturated rings. The Balaban J connectivity index is 2.42. The summed E-state index contributed by atoms with van der Waals surface area (Å²) in [5.41, 5.74) is 4.17. The van der Waals surface area contributed by atoms with Crippen molar-refractivity contribution in [3.8, 4) is 0 Å². The van der Waals surface area contributed by atoms with Crippen LogP contribution in [0, 0.1) is 11.3 Å². The number of benzene rings is 1. The second-order valence-electron chi connectivity index (χ2n) is 4.35. The fourth-order valence-corrected chi connectivity index (χ4v) is 1.71. The van der Waals surface area contributed by atoms with E-state index in [4.69, 9.17) is 5.41 Å². The van der Waals surface area contributed by atoms with Crippen molar-refractivity contribution < 1.29 is 0 Å². The molecule has 0 amide bonds. The Kier molecular flexibility index (Phi) is 3.33. The summed E-state index contributed by atoms with van der Waals surface area (Å²) in [5, 5.41) is 7.17. The summed E-state index contributed by atoms with van der Waals surface area (Å²) in [6.45, 7) is 4.04. The summed E-state index contributed by atoms with van der Waals surface area (Å²) < 4.78 is 0. The first-order valence-electron chi connectivity index (χ1n) is 5.74. The standard InChI is InChI=1S/C15H16N2/c1-11-3-5-14-6-4-13(7-12(2)9-16)8-15(14)17-10-11/h3-11,16H,1-2H3/b12-7-,16-9?. The zero-order valence-corrected chi connectivity index (χ0v) is 10.1. The Bertz CT molecular complexity index is 522. The van der Waals surface area contributed by atoms with Gasteiger partial charge in [-0.3, -0.25) is 4.99 Å². The van der Waals surface area contributed by atoms with Crippen molar-refractivity contribution in [3.63, 3.8) is 0 Å². The zero-order chi connectivity index (χ0) is 12.3. The van der Waals surface area contributed by atoms with Crippen molar-refractivity contribution in [1.82, 2.24) is 0 Å². The van der Waals surface area contributed by atoms with Crippen LogP contribution in [-0.2, 0) is 0 Å². The van der Waals surface area contributed by atoms with E-state index in [9.17, 15) is 0 Å². The van der Waals surface area contributed by atoms with Gasteiger partial charge in [0.25, 0.3) is 0 Å². The lowest BCUT2D eigenvalue weighted by Crippen LogP contribution is -1.86. The van der Waals surface area contributed by atoms with Gasteiger partial charge in [-0.15, -0.1) is 0 Å². The van der Waals surface area contributed by atoms with E-state index in [2.05, 4.69) is 42.3 Å². The Labute approximate surface area is 102 Å². The summed E-state index contributed by atoms with van der Waals surface area (Å²) in [6.07, 6.45) is 9.56. The van der Waals surface area contributed by atoms with E-state index in [1.54, 1.807) is 0 Å². The molecule has 1 aromatic carbocycles. The van der Waals surface area contributed by atoms with Crippen LogP contribution in [0.1, 0.15) is 25.0 Å². The van der Waals surface area contributed by atoms with Crippen molar-refractivity contribution in [3.05, 3.63) is 41.0 Å². The molecule has 0 aliphatic carbocycles. The van der Waals surface area contributed by atoms with Gasteiger partial charge in [0.2, 0.25) is 0 Å². The SMILES string of the molecule is C/C(C=N)=C/c1ccc2c(c1)N=CC(C)C=C2. The predicted molar refractivity (Wildman–Crippen MR) is 75.2 cm³/mol. The maximum Gasteiger partial charge on any atom is 0.0704 e. The van der Waals surface area contributed by atoms with Crippen LogP contribution in [0.15, 0.2) is 34.8 Å². The highest BCUT2D eigenvalue weighted by molar-refractivity contribution is 5.84. The summed E-state index contributed by atoms with van der Waals surface area (Å²) >= 11 is 0. The van der Waals surface area contributed by atoms with Crippen molar-refractivity contribution in [2.45, 2.75) is 13.8 Å². The lowest BCUT2D eigenvalue weighted by atomic mass is 10.1. The monoisotopic (exact) mass is 224 g/mol. The fourth-order valence-electron chi connectivity index (χ4n) is 1.71. The summed E-state index contributed by atoms with van der Waals surface area (Å²) in [6, 6.07) is 6.19. The van der Waals surface area contributed by atoms with Gasteiger partial charge < -0.3 is 5.41 Å². The molecule has 1 aliphatic heterocycles. The third-order valence-electron chi connectivity index (χ3n) is 2.70. The van der Waals surface area contributed by atoms with Gasteiger partial charge in [0.15, 0.2) is 0 Å². The van der Waals surface area contributed by atoms with Crippen molar-refractivity contribution in [1.29, 1.82) is 5.41 Å². The van der Waals surface area contributed by atoms with E-state index >= 15 is 0 Å². The average Bonchev–Trinajstić information content (AvgIpc) is 2.52. The van der Waals surface area contributed by atoms with E-state index in [-0.39, 0.29) is 0 Å². The molecule has 17 heavy (non-hydrogen) atoms. The Morgan fingerprint density at radius 3 is 3.00 bits per heavy atom. The van der Waals surface area contributed by atoms with Gasteiger partial charge in [-0.05, 0) is 29.7 Å². The topological polar surface area (TPSA) is 36.2 Å². The molecule has 0 aromatic heterocycles. The molecule has 1 N–H and O–H groups in total. The molecule has 2 heteroatoms. The lowest BCUT2D eigenvalue weighted by molar-refractivity contribution is 1.04. The first-order valence-corrected chi connectivity index (χ1v) is 5.74. The number of allylic oxidation sites excluding steroid dienone is 2. The molecule has 1 aliphatic rings. The average molecular weight is 224 g/mol. The second kappa shape index (κ2) is 4.91. The predicted octanol–water partition coefficient (Wildman–Crippen LogP) is 4.10. The van der Waals surface area contributed by atoms with Crippen molar-refractivity contribution in [2.75, 3.05) is 0 Å². The number of nitrogens with zero attached hydrogens (tertiary/aromatic N) is 1. The zero-order valence-electron chi connectivity index (χ0n) is 10.1. The minimum absolute atomic E-state index is 0.379. The molecule has 0 saturated carbocycles. The highest BCUT2D eigenvalue weighted by Gasteiger charge is 2.03. The van der Waals surface area contributed by atoms with Crippen LogP contribution < -0.4 is 0 Å². The van der Waals surface area contributed by atoms with E-state index < -0.39 is 0 Å². The lowest BCUT2D eigenvalue weighted by Gasteiger charge is -2.02. The maximum atomic E-state index is 7.17. The third kappa shape index (κ3) is 2.78. The quantitative estimate of drug-likeness (QED) is 0.734. The number of aliphatic imine (C=N–C) groups is 1. The normalized spacial score (nSPS) is 18.7. The van der Waals surface area contributed by atoms with Crippen LogP contribution in [-0.4, -0.2) is 12.4 Å². The molecule has 1 atom stereocenters. The molecule has 2 nitrogen and oxygen atoms in total. The molecule has 0 spiro atoms. The highest BCUT2D eigenvalue weighted by Crippen LogP contribution is 2.26. The minimum Gasteiger partial charge on any atom is -0.308 e. The summed E-state index contributed by atoms with van der Waals surface area (Å²) in [4.78, 5) is 4.49. The van der Waals surface area contributed by atoms with E-state index in [0.29, 0.717) is 5.92 Å². The minimum atomic E-state index is 0.379. The van der Waals surface area contributed by atoms with Gasteiger partial charge in [0, 0.05) is 18.3 Å². The smallest absolute Gasteiger partial charge is 0.0704 e. The summed E-state index contributed by atoms with van der Waals surface area (Å²) in [5.74, 6) is 0.379. The van der Waals surface area contributed by atoms with Gasteiger partial charge >= 0.3 is 0 Å². The molecule has 2 rings (SSSR count). The molecule has 1 unspecified atom stereocenters. The van der Waals surface area contributed by atoms with Crippen LogP contribution in [0.3, 0.4) is 0 Å². The van der Waals surface area contributed by atoms with Gasteiger partial charge in [0.05, 0.1) is 5.69 Å². The van der Waals surface area contributed by atoms with Gasteiger partial charge in [-0.25, -0.2) is 0 Å². The van der Waals surface area contributed by atoms with E-state index in [1.807, 2.05) is 19.2 Å². The number of hydrogen-bond donors (Lipinski definition) is 1. The van der Waals surface area contributed by atoms with E-state index in [0.717, 1.165) is 22.4 Å². The van der Waals surface area contributed by atoms with Gasteiger partial charge in [-0.1, -0.05) is 37.3 Å². The third-order valence-corrected chi connectivity index (χ3v) is 2.70. The number of nitrogens with one attached hydrogen (secondary N) is 1. The highest BCUT2D eigenvalue weighted by atomic mass is 14.7. The molecule has 0 radical (unpaired) electrons. The molecular formula is C15H16N2. The number of fused-ring (bicyclic) bond motifs is 1. The first kappa shape index (κ1) is 11.5. The Morgan fingerprint density at radius 1 is 1.41 bits per heavy atom. The van der Waals surface area contributed by atoms with Crippen LogP contribution in [0.25, 0.3) is 12.2 Å². The molecular weight excluding hydrogens is 208 g/mol.